The monoisotopic (exact) mass is 201 g/mol. The summed E-state index contributed by atoms with van der Waals surface area (Å²) < 4.78 is 0. The molecule has 0 aliphatic rings. The van der Waals surface area contributed by atoms with Crippen molar-refractivity contribution in [3.8, 4) is 0 Å². The van der Waals surface area contributed by atoms with E-state index in [4.69, 9.17) is 11.6 Å². The van der Waals surface area contributed by atoms with Gasteiger partial charge < -0.3 is 10.4 Å². The highest BCUT2D eigenvalue weighted by Crippen LogP contribution is 2.08. The minimum atomic E-state index is -0.353. The Balaban J connectivity index is 2.45. The van der Waals surface area contributed by atoms with E-state index < -0.39 is 0 Å². The average molecular weight is 202 g/mol. The van der Waals surface area contributed by atoms with Gasteiger partial charge in [0.15, 0.2) is 0 Å². The Hall–Kier alpha value is -0.870. The van der Waals surface area contributed by atoms with E-state index in [9.17, 15) is 5.11 Å². The van der Waals surface area contributed by atoms with E-state index in [1.807, 2.05) is 6.92 Å². The van der Waals surface area contributed by atoms with Gasteiger partial charge in [-0.15, -0.1) is 0 Å². The van der Waals surface area contributed by atoms with Gasteiger partial charge in [0.1, 0.15) is 17.3 Å². The molecule has 0 aromatic carbocycles. The fraction of sp³-hybridized carbons (Fsp3) is 0.500. The molecule has 5 heteroatoms. The number of aromatic nitrogens is 2. The van der Waals surface area contributed by atoms with E-state index >= 15 is 0 Å². The van der Waals surface area contributed by atoms with Crippen LogP contribution in [0.3, 0.4) is 0 Å². The van der Waals surface area contributed by atoms with Gasteiger partial charge in [-0.2, -0.15) is 0 Å². The highest BCUT2D eigenvalue weighted by atomic mass is 35.5. The summed E-state index contributed by atoms with van der Waals surface area (Å²) in [5.41, 5.74) is 0. The Morgan fingerprint density at radius 3 is 3.00 bits per heavy atom. The zero-order valence-electron chi connectivity index (χ0n) is 7.37. The number of aliphatic hydroxyl groups excluding tert-OH is 1. The van der Waals surface area contributed by atoms with E-state index in [0.717, 1.165) is 0 Å². The molecular formula is C8H12ClN3O. The Bertz CT molecular complexity index is 269. The molecule has 1 rings (SSSR count). The minimum absolute atomic E-state index is 0.353. The van der Waals surface area contributed by atoms with Crippen LogP contribution in [0.15, 0.2) is 12.4 Å². The van der Waals surface area contributed by atoms with Crippen molar-refractivity contribution in [3.63, 3.8) is 0 Å². The van der Waals surface area contributed by atoms with E-state index in [0.29, 0.717) is 23.9 Å². The van der Waals surface area contributed by atoms with E-state index in [-0.39, 0.29) is 6.10 Å². The summed E-state index contributed by atoms with van der Waals surface area (Å²) in [6, 6.07) is 1.62. The standard InChI is InChI=1S/C8H12ClN3O/c1-2-6(13)4-10-8-3-7(9)11-5-12-8/h3,5-6,13H,2,4H2,1H3,(H,10,11,12). The van der Waals surface area contributed by atoms with Gasteiger partial charge in [0.05, 0.1) is 6.10 Å². The lowest BCUT2D eigenvalue weighted by atomic mass is 10.3. The predicted molar refractivity (Wildman–Crippen MR) is 51.8 cm³/mol. The third kappa shape index (κ3) is 3.57. The molecule has 72 valence electrons. The first-order valence-corrected chi connectivity index (χ1v) is 4.49. The molecule has 0 bridgehead atoms. The smallest absolute Gasteiger partial charge is 0.134 e. The van der Waals surface area contributed by atoms with Crippen LogP contribution in [-0.2, 0) is 0 Å². The third-order valence-corrected chi connectivity index (χ3v) is 1.83. The molecule has 0 fully saturated rings. The number of rotatable bonds is 4. The second-order valence-electron chi connectivity index (χ2n) is 2.67. The number of nitrogens with one attached hydrogen (secondary N) is 1. The number of hydrogen-bond acceptors (Lipinski definition) is 4. The van der Waals surface area contributed by atoms with Crippen LogP contribution >= 0.6 is 11.6 Å². The molecule has 0 aliphatic carbocycles. The molecule has 0 amide bonds. The van der Waals surface area contributed by atoms with Gasteiger partial charge in [-0.1, -0.05) is 18.5 Å². The third-order valence-electron chi connectivity index (χ3n) is 1.62. The lowest BCUT2D eigenvalue weighted by Crippen LogP contribution is -2.18. The van der Waals surface area contributed by atoms with Crippen LogP contribution in [0.2, 0.25) is 5.15 Å². The summed E-state index contributed by atoms with van der Waals surface area (Å²) in [4.78, 5) is 7.67. The SMILES string of the molecule is CCC(O)CNc1cc(Cl)ncn1. The average Bonchev–Trinajstić information content (AvgIpc) is 2.14. The predicted octanol–water partition coefficient (Wildman–Crippen LogP) is 1.31. The first-order valence-electron chi connectivity index (χ1n) is 4.12. The molecule has 1 aromatic heterocycles. The Kier molecular flexibility index (Phi) is 3.92. The molecule has 0 radical (unpaired) electrons. The summed E-state index contributed by atoms with van der Waals surface area (Å²) in [7, 11) is 0. The zero-order valence-corrected chi connectivity index (χ0v) is 8.12. The van der Waals surface area contributed by atoms with E-state index in [1.165, 1.54) is 6.33 Å². The topological polar surface area (TPSA) is 58.0 Å². The second-order valence-corrected chi connectivity index (χ2v) is 3.06. The van der Waals surface area contributed by atoms with Crippen LogP contribution in [0.25, 0.3) is 0 Å². The molecule has 0 saturated heterocycles. The summed E-state index contributed by atoms with van der Waals surface area (Å²) in [5, 5.41) is 12.6. The van der Waals surface area contributed by atoms with Crippen LogP contribution in [0.5, 0.6) is 0 Å². The summed E-state index contributed by atoms with van der Waals surface area (Å²) in [6.07, 6.45) is 1.74. The maximum Gasteiger partial charge on any atom is 0.134 e. The van der Waals surface area contributed by atoms with Crippen LogP contribution in [0.4, 0.5) is 5.82 Å². The lowest BCUT2D eigenvalue weighted by molar-refractivity contribution is 0.183. The molecule has 0 spiro atoms. The highest BCUT2D eigenvalue weighted by Gasteiger charge is 2.00. The van der Waals surface area contributed by atoms with Crippen molar-refractivity contribution >= 4 is 17.4 Å². The van der Waals surface area contributed by atoms with Crippen molar-refractivity contribution in [1.29, 1.82) is 0 Å². The minimum Gasteiger partial charge on any atom is -0.391 e. The van der Waals surface area contributed by atoms with Gasteiger partial charge >= 0.3 is 0 Å². The second kappa shape index (κ2) is 4.99. The van der Waals surface area contributed by atoms with E-state index in [1.54, 1.807) is 6.07 Å². The Morgan fingerprint density at radius 2 is 2.38 bits per heavy atom. The highest BCUT2D eigenvalue weighted by molar-refractivity contribution is 6.29. The fourth-order valence-corrected chi connectivity index (χ4v) is 0.944. The number of hydrogen-bond donors (Lipinski definition) is 2. The maximum atomic E-state index is 9.25. The quantitative estimate of drug-likeness (QED) is 0.722. The van der Waals surface area contributed by atoms with Gasteiger partial charge in [0, 0.05) is 12.6 Å². The molecule has 1 heterocycles. The van der Waals surface area contributed by atoms with Gasteiger partial charge in [0.2, 0.25) is 0 Å². The number of aliphatic hydroxyl groups is 1. The molecule has 1 unspecified atom stereocenters. The first kappa shape index (κ1) is 10.2. The van der Waals surface area contributed by atoms with Gasteiger partial charge in [-0.3, -0.25) is 0 Å². The van der Waals surface area contributed by atoms with Gasteiger partial charge in [-0.05, 0) is 6.42 Å². The van der Waals surface area contributed by atoms with E-state index in [2.05, 4.69) is 15.3 Å². The molecule has 4 nitrogen and oxygen atoms in total. The molecule has 1 aromatic rings. The van der Waals surface area contributed by atoms with Gasteiger partial charge in [0.25, 0.3) is 0 Å². The maximum absolute atomic E-state index is 9.25. The summed E-state index contributed by atoms with van der Waals surface area (Å²) in [5.74, 6) is 0.632. The van der Waals surface area contributed by atoms with Crippen LogP contribution in [0, 0.1) is 0 Å². The fourth-order valence-electron chi connectivity index (χ4n) is 0.797. The van der Waals surface area contributed by atoms with Crippen molar-refractivity contribution in [2.45, 2.75) is 19.4 Å². The van der Waals surface area contributed by atoms with Crippen LogP contribution in [-0.4, -0.2) is 27.7 Å². The first-order chi connectivity index (χ1) is 6.22. The van der Waals surface area contributed by atoms with Crippen molar-refractivity contribution in [1.82, 2.24) is 9.97 Å². The van der Waals surface area contributed by atoms with Crippen LogP contribution in [0.1, 0.15) is 13.3 Å². The number of halogens is 1. The zero-order chi connectivity index (χ0) is 9.68. The molecular weight excluding hydrogens is 190 g/mol. The van der Waals surface area contributed by atoms with Crippen molar-refractivity contribution < 1.29 is 5.11 Å². The summed E-state index contributed by atoms with van der Waals surface area (Å²) in [6.45, 7) is 2.39. The lowest BCUT2D eigenvalue weighted by Gasteiger charge is -2.09. The normalized spacial score (nSPS) is 12.5. The number of anilines is 1. The van der Waals surface area contributed by atoms with Gasteiger partial charge in [-0.25, -0.2) is 9.97 Å². The number of nitrogens with zero attached hydrogens (tertiary/aromatic N) is 2. The van der Waals surface area contributed by atoms with Crippen molar-refractivity contribution in [3.05, 3.63) is 17.5 Å². The largest absolute Gasteiger partial charge is 0.391 e. The van der Waals surface area contributed by atoms with Crippen molar-refractivity contribution in [2.24, 2.45) is 0 Å². The van der Waals surface area contributed by atoms with Crippen molar-refractivity contribution in [2.75, 3.05) is 11.9 Å². The summed E-state index contributed by atoms with van der Waals surface area (Å²) >= 11 is 5.64. The molecule has 13 heavy (non-hydrogen) atoms. The Morgan fingerprint density at radius 1 is 1.62 bits per heavy atom. The molecule has 0 aliphatic heterocycles. The molecule has 2 N–H and O–H groups in total. The molecule has 0 saturated carbocycles. The Labute approximate surface area is 82.0 Å². The van der Waals surface area contributed by atoms with Crippen LogP contribution < -0.4 is 5.32 Å². The molecule has 1 atom stereocenters.